The Labute approximate surface area is 215 Å². The Bertz CT molecular complexity index is 1290. The van der Waals surface area contributed by atoms with Crippen LogP contribution in [0.4, 0.5) is 13.2 Å². The molecule has 4 rings (SSSR count). The first kappa shape index (κ1) is 29.2. The minimum atomic E-state index is -4.52. The largest absolute Gasteiger partial charge is 0.416 e. The van der Waals surface area contributed by atoms with Crippen molar-refractivity contribution < 1.29 is 26.1 Å². The number of benzene rings is 4. The summed E-state index contributed by atoms with van der Waals surface area (Å²) >= 11 is 4.36. The zero-order valence-electron chi connectivity index (χ0n) is 20.0. The van der Waals surface area contributed by atoms with Crippen LogP contribution in [0.1, 0.15) is 22.3 Å². The summed E-state index contributed by atoms with van der Waals surface area (Å²) in [5.74, 6) is 0. The molecule has 0 saturated heterocycles. The molecular formula is C28H27F3O3S2. The van der Waals surface area contributed by atoms with Crippen LogP contribution < -0.4 is 0 Å². The molecule has 0 unspecified atom stereocenters. The van der Waals surface area contributed by atoms with Gasteiger partial charge in [-0.25, -0.2) is 0 Å². The lowest BCUT2D eigenvalue weighted by molar-refractivity contribution is -0.137. The molecule has 1 N–H and O–H groups in total. The summed E-state index contributed by atoms with van der Waals surface area (Å²) in [5, 5.41) is 0. The van der Waals surface area contributed by atoms with Crippen molar-refractivity contribution in [3.8, 4) is 11.1 Å². The van der Waals surface area contributed by atoms with Gasteiger partial charge in [-0.1, -0.05) is 78.4 Å². The average Bonchev–Trinajstić information content (AvgIpc) is 2.83. The van der Waals surface area contributed by atoms with Gasteiger partial charge in [-0.3, -0.25) is 4.55 Å². The lowest BCUT2D eigenvalue weighted by Gasteiger charge is -2.05. The Morgan fingerprint density at radius 1 is 0.694 bits per heavy atom. The normalized spacial score (nSPS) is 11.0. The molecule has 0 spiro atoms. The zero-order valence-corrected chi connectivity index (χ0v) is 21.7. The van der Waals surface area contributed by atoms with Crippen molar-refractivity contribution >= 4 is 22.7 Å². The van der Waals surface area contributed by atoms with Gasteiger partial charge in [0, 0.05) is 4.90 Å². The highest BCUT2D eigenvalue weighted by Gasteiger charge is 2.30. The van der Waals surface area contributed by atoms with E-state index in [-0.39, 0.29) is 0 Å². The van der Waals surface area contributed by atoms with Gasteiger partial charge >= 0.3 is 6.18 Å². The molecule has 0 saturated carbocycles. The number of aryl methyl sites for hydroxylation is 3. The van der Waals surface area contributed by atoms with Crippen molar-refractivity contribution in [3.63, 3.8) is 0 Å². The van der Waals surface area contributed by atoms with Gasteiger partial charge in [-0.05, 0) is 67.3 Å². The number of hydrogen-bond donors (Lipinski definition) is 2. The van der Waals surface area contributed by atoms with E-state index in [1.165, 1.54) is 27.8 Å². The van der Waals surface area contributed by atoms with E-state index < -0.39 is 26.8 Å². The van der Waals surface area contributed by atoms with Gasteiger partial charge < -0.3 is 0 Å². The molecule has 0 aliphatic carbocycles. The van der Waals surface area contributed by atoms with E-state index in [9.17, 15) is 21.6 Å². The number of alkyl halides is 3. The van der Waals surface area contributed by atoms with Gasteiger partial charge in [-0.15, -0.1) is 12.6 Å². The van der Waals surface area contributed by atoms with Crippen LogP contribution in [0.25, 0.3) is 11.1 Å². The minimum Gasteiger partial charge on any atom is -0.282 e. The lowest BCUT2D eigenvalue weighted by atomic mass is 10.1. The molecule has 0 aliphatic heterocycles. The fourth-order valence-electron chi connectivity index (χ4n) is 3.25. The molecule has 0 fully saturated rings. The van der Waals surface area contributed by atoms with Crippen molar-refractivity contribution in [2.24, 2.45) is 0 Å². The third kappa shape index (κ3) is 9.18. The predicted octanol–water partition coefficient (Wildman–Crippen LogP) is 8.21. The highest BCUT2D eigenvalue weighted by Crippen LogP contribution is 2.29. The van der Waals surface area contributed by atoms with E-state index in [0.717, 1.165) is 4.90 Å². The molecule has 3 nitrogen and oxygen atoms in total. The van der Waals surface area contributed by atoms with E-state index in [1.54, 1.807) is 0 Å². The molecular weight excluding hydrogens is 505 g/mol. The summed E-state index contributed by atoms with van der Waals surface area (Å²) in [6.07, 6.45) is -4.52. The molecule has 36 heavy (non-hydrogen) atoms. The standard InChI is InChI=1S/C12H10.C9H12S.C7H5F3O3S/c1-3-7-11(8-4-1)12-9-5-2-6-10-12;1-6-4-7(2)9(10)8(3)5-6;8-7(9,10)5-1-3-6(4-2-5)14(11,12)13/h1-10H;4-5,10H,1-3H3;1-4H,(H,11,12,13). The number of thiol groups is 1. The number of rotatable bonds is 2. The molecule has 190 valence electrons. The van der Waals surface area contributed by atoms with Crippen LogP contribution in [-0.2, 0) is 16.3 Å². The van der Waals surface area contributed by atoms with Crippen molar-refractivity contribution in [1.82, 2.24) is 0 Å². The number of hydrogen-bond acceptors (Lipinski definition) is 3. The summed E-state index contributed by atoms with van der Waals surface area (Å²) in [6, 6.07) is 27.6. The summed E-state index contributed by atoms with van der Waals surface area (Å²) in [7, 11) is -4.43. The first-order valence-corrected chi connectivity index (χ1v) is 12.7. The third-order valence-electron chi connectivity index (χ3n) is 5.00. The highest BCUT2D eigenvalue weighted by atomic mass is 32.2. The second kappa shape index (κ2) is 12.8. The van der Waals surface area contributed by atoms with E-state index in [2.05, 4.69) is 94.1 Å². The third-order valence-corrected chi connectivity index (χ3v) is 6.57. The molecule has 0 atom stereocenters. The monoisotopic (exact) mass is 532 g/mol. The second-order valence-corrected chi connectivity index (χ2v) is 9.85. The lowest BCUT2D eigenvalue weighted by Crippen LogP contribution is -2.05. The van der Waals surface area contributed by atoms with Crippen LogP contribution in [0.2, 0.25) is 0 Å². The van der Waals surface area contributed by atoms with Crippen LogP contribution in [0.3, 0.4) is 0 Å². The van der Waals surface area contributed by atoms with Crippen LogP contribution in [0.5, 0.6) is 0 Å². The molecule has 8 heteroatoms. The SMILES string of the molecule is Cc1cc(C)c(S)c(C)c1.O=S(=O)(O)c1ccc(C(F)(F)F)cc1.c1ccc(-c2ccccc2)cc1. The fourth-order valence-corrected chi connectivity index (χ4v) is 3.86. The van der Waals surface area contributed by atoms with Gasteiger partial charge in [0.1, 0.15) is 0 Å². The van der Waals surface area contributed by atoms with Crippen LogP contribution in [0, 0.1) is 20.8 Å². The Balaban J connectivity index is 0.000000193. The highest BCUT2D eigenvalue weighted by molar-refractivity contribution is 7.85. The van der Waals surface area contributed by atoms with Crippen molar-refractivity contribution in [2.45, 2.75) is 36.7 Å². The summed E-state index contributed by atoms with van der Waals surface area (Å²) in [6.45, 7) is 6.28. The Hall–Kier alpha value is -3.07. The summed E-state index contributed by atoms with van der Waals surface area (Å²) in [5.41, 5.74) is 5.43. The molecule has 0 aliphatic rings. The number of halogens is 3. The van der Waals surface area contributed by atoms with Crippen molar-refractivity contribution in [1.29, 1.82) is 0 Å². The maximum Gasteiger partial charge on any atom is 0.416 e. The molecule has 4 aromatic rings. The molecule has 4 aromatic carbocycles. The van der Waals surface area contributed by atoms with Crippen molar-refractivity contribution in [2.75, 3.05) is 0 Å². The maximum absolute atomic E-state index is 12.0. The van der Waals surface area contributed by atoms with Gasteiger partial charge in [0.15, 0.2) is 0 Å². The summed E-state index contributed by atoms with van der Waals surface area (Å²) < 4.78 is 65.4. The Morgan fingerprint density at radius 2 is 1.08 bits per heavy atom. The second-order valence-electron chi connectivity index (χ2n) is 7.98. The van der Waals surface area contributed by atoms with Crippen LogP contribution >= 0.6 is 12.6 Å². The molecule has 0 heterocycles. The molecule has 0 aromatic heterocycles. The maximum atomic E-state index is 12.0. The molecule has 0 amide bonds. The summed E-state index contributed by atoms with van der Waals surface area (Å²) in [4.78, 5) is 0.552. The molecule has 0 bridgehead atoms. The van der Waals surface area contributed by atoms with Crippen LogP contribution in [0.15, 0.2) is 107 Å². The Morgan fingerprint density at radius 3 is 1.42 bits per heavy atom. The predicted molar refractivity (Wildman–Crippen MR) is 141 cm³/mol. The zero-order chi connectivity index (χ0) is 26.9. The minimum absolute atomic E-state index is 0.564. The van der Waals surface area contributed by atoms with Gasteiger partial charge in [0.25, 0.3) is 10.1 Å². The van der Waals surface area contributed by atoms with E-state index in [4.69, 9.17) is 4.55 Å². The Kier molecular flexibility index (Phi) is 10.3. The van der Waals surface area contributed by atoms with Crippen LogP contribution in [-0.4, -0.2) is 13.0 Å². The fraction of sp³-hybridized carbons (Fsp3) is 0.143. The quantitative estimate of drug-likeness (QED) is 0.202. The van der Waals surface area contributed by atoms with Gasteiger partial charge in [0.2, 0.25) is 0 Å². The molecule has 0 radical (unpaired) electrons. The van der Waals surface area contributed by atoms with Gasteiger partial charge in [-0.2, -0.15) is 21.6 Å². The average molecular weight is 533 g/mol. The van der Waals surface area contributed by atoms with E-state index in [1.807, 2.05) is 12.1 Å². The first-order chi connectivity index (χ1) is 16.8. The van der Waals surface area contributed by atoms with Crippen molar-refractivity contribution in [3.05, 3.63) is 119 Å². The first-order valence-electron chi connectivity index (χ1n) is 10.8. The smallest absolute Gasteiger partial charge is 0.282 e. The van der Waals surface area contributed by atoms with E-state index in [0.29, 0.717) is 24.3 Å². The topological polar surface area (TPSA) is 54.4 Å². The van der Waals surface area contributed by atoms with Gasteiger partial charge in [0.05, 0.1) is 10.5 Å². The van der Waals surface area contributed by atoms with E-state index >= 15 is 0 Å².